The van der Waals surface area contributed by atoms with E-state index in [2.05, 4.69) is 0 Å². The Bertz CT molecular complexity index is 837. The average molecular weight is 359 g/mol. The first kappa shape index (κ1) is 17.8. The highest BCUT2D eigenvalue weighted by atomic mass is 16.5. The number of carbonyl (C=O) groups excluding carboxylic acids is 1. The Morgan fingerprint density at radius 2 is 1.88 bits per heavy atom. The van der Waals surface area contributed by atoms with Gasteiger partial charge in [0.05, 0.1) is 26.8 Å². The number of amides is 1. The van der Waals surface area contributed by atoms with Crippen molar-refractivity contribution in [2.75, 3.05) is 27.3 Å². The van der Waals surface area contributed by atoms with Crippen LogP contribution in [0, 0.1) is 6.92 Å². The number of nitrogens with zero attached hydrogens (tertiary/aromatic N) is 1. The van der Waals surface area contributed by atoms with Gasteiger partial charge in [0.2, 0.25) is 0 Å². The summed E-state index contributed by atoms with van der Waals surface area (Å²) in [5, 5.41) is 0. The maximum absolute atomic E-state index is 13.0. The molecule has 1 aliphatic heterocycles. The number of methoxy groups -OCH3 is 2. The summed E-state index contributed by atoms with van der Waals surface area (Å²) in [6.45, 7) is 2.65. The highest BCUT2D eigenvalue weighted by Crippen LogP contribution is 2.31. The fraction of sp³-hybridized carbons (Fsp3) is 0.368. The Balaban J connectivity index is 1.75. The number of benzene rings is 1. The zero-order chi connectivity index (χ0) is 18.7. The number of rotatable bonds is 5. The summed E-state index contributed by atoms with van der Waals surface area (Å²) in [6, 6.07) is 8.20. The third-order valence-electron chi connectivity index (χ3n) is 4.24. The summed E-state index contributed by atoms with van der Waals surface area (Å²) in [4.78, 5) is 26.1. The van der Waals surface area contributed by atoms with Crippen molar-refractivity contribution in [2.45, 2.75) is 19.4 Å². The van der Waals surface area contributed by atoms with Crippen molar-refractivity contribution >= 4 is 5.91 Å². The van der Waals surface area contributed by atoms with Crippen LogP contribution in [-0.2, 0) is 0 Å². The minimum absolute atomic E-state index is 0.172. The van der Waals surface area contributed by atoms with Crippen molar-refractivity contribution in [3.8, 4) is 17.2 Å². The van der Waals surface area contributed by atoms with Crippen molar-refractivity contribution in [2.24, 2.45) is 0 Å². The average Bonchev–Trinajstić information content (AvgIpc) is 3.07. The van der Waals surface area contributed by atoms with Gasteiger partial charge >= 0.3 is 5.63 Å². The maximum atomic E-state index is 13.0. The second kappa shape index (κ2) is 7.51. The topological polar surface area (TPSA) is 78.2 Å². The molecule has 26 heavy (non-hydrogen) atoms. The lowest BCUT2D eigenvalue weighted by Gasteiger charge is -2.20. The lowest BCUT2D eigenvalue weighted by molar-refractivity contribution is 0.0765. The van der Waals surface area contributed by atoms with Crippen LogP contribution in [0.15, 0.2) is 39.5 Å². The van der Waals surface area contributed by atoms with Gasteiger partial charge in [-0.2, -0.15) is 0 Å². The minimum Gasteiger partial charge on any atom is -0.496 e. The largest absolute Gasteiger partial charge is 0.496 e. The van der Waals surface area contributed by atoms with Gasteiger partial charge in [-0.15, -0.1) is 0 Å². The Labute approximate surface area is 151 Å². The molecule has 0 aliphatic carbocycles. The smallest absolute Gasteiger partial charge is 0.339 e. The molecule has 1 saturated heterocycles. The van der Waals surface area contributed by atoms with E-state index in [0.717, 1.165) is 0 Å². The Hall–Kier alpha value is -2.96. The SMILES string of the molecule is COc1cccc(OC)c1C(=O)N1CCC(Oc2cc(C)oc(=O)c2)C1. The summed E-state index contributed by atoms with van der Waals surface area (Å²) in [7, 11) is 3.04. The molecule has 2 aromatic rings. The molecule has 7 nitrogen and oxygen atoms in total. The molecule has 0 bridgehead atoms. The molecule has 138 valence electrons. The highest BCUT2D eigenvalue weighted by molar-refractivity contribution is 5.99. The summed E-state index contributed by atoms with van der Waals surface area (Å²) >= 11 is 0. The third kappa shape index (κ3) is 3.66. The predicted molar refractivity (Wildman–Crippen MR) is 94.2 cm³/mol. The highest BCUT2D eigenvalue weighted by Gasteiger charge is 2.31. The summed E-state index contributed by atoms with van der Waals surface area (Å²) in [5.74, 6) is 1.70. The molecule has 1 unspecified atom stereocenters. The van der Waals surface area contributed by atoms with E-state index in [4.69, 9.17) is 18.6 Å². The van der Waals surface area contributed by atoms with Crippen molar-refractivity contribution < 1.29 is 23.4 Å². The monoisotopic (exact) mass is 359 g/mol. The van der Waals surface area contributed by atoms with E-state index in [0.29, 0.717) is 48.1 Å². The van der Waals surface area contributed by atoms with Gasteiger partial charge in [-0.25, -0.2) is 4.79 Å². The molecule has 7 heteroatoms. The molecule has 1 fully saturated rings. The van der Waals surface area contributed by atoms with E-state index in [1.165, 1.54) is 20.3 Å². The molecule has 2 heterocycles. The maximum Gasteiger partial charge on any atom is 0.339 e. The summed E-state index contributed by atoms with van der Waals surface area (Å²) < 4.78 is 21.4. The quantitative estimate of drug-likeness (QED) is 0.815. The van der Waals surface area contributed by atoms with Crippen LogP contribution in [0.25, 0.3) is 0 Å². The molecule has 1 amide bonds. The van der Waals surface area contributed by atoms with E-state index in [-0.39, 0.29) is 12.0 Å². The zero-order valence-corrected chi connectivity index (χ0v) is 15.0. The van der Waals surface area contributed by atoms with Gasteiger partial charge < -0.3 is 23.5 Å². The number of hydrogen-bond acceptors (Lipinski definition) is 6. The first-order chi connectivity index (χ1) is 12.5. The van der Waals surface area contributed by atoms with Crippen LogP contribution in [0.4, 0.5) is 0 Å². The van der Waals surface area contributed by atoms with Gasteiger partial charge in [-0.1, -0.05) is 6.07 Å². The fourth-order valence-electron chi connectivity index (χ4n) is 3.07. The lowest BCUT2D eigenvalue weighted by atomic mass is 10.1. The van der Waals surface area contributed by atoms with Gasteiger partial charge in [0.1, 0.15) is 34.7 Å². The lowest BCUT2D eigenvalue weighted by Crippen LogP contribution is -2.31. The van der Waals surface area contributed by atoms with Crippen LogP contribution in [0.2, 0.25) is 0 Å². The van der Waals surface area contributed by atoms with Crippen LogP contribution in [-0.4, -0.2) is 44.2 Å². The fourth-order valence-corrected chi connectivity index (χ4v) is 3.07. The number of hydrogen-bond donors (Lipinski definition) is 0. The summed E-state index contributed by atoms with van der Waals surface area (Å²) in [5.41, 5.74) is -0.0564. The number of ether oxygens (including phenoxy) is 3. The van der Waals surface area contributed by atoms with Crippen LogP contribution in [0.5, 0.6) is 17.2 Å². The third-order valence-corrected chi connectivity index (χ3v) is 4.24. The molecule has 1 aliphatic rings. The summed E-state index contributed by atoms with van der Waals surface area (Å²) in [6.07, 6.45) is 0.475. The van der Waals surface area contributed by atoms with Crippen molar-refractivity contribution in [3.05, 3.63) is 52.1 Å². The molecular formula is C19H21NO6. The standard InChI is InChI=1S/C19H21NO6/c1-12-9-14(10-17(21)25-12)26-13-7-8-20(11-13)19(22)18-15(23-2)5-4-6-16(18)24-3/h4-6,9-10,13H,7-8,11H2,1-3H3. The molecule has 0 spiro atoms. The predicted octanol–water partition coefficient (Wildman–Crippen LogP) is 2.26. The molecule has 0 radical (unpaired) electrons. The Morgan fingerprint density at radius 3 is 2.50 bits per heavy atom. The zero-order valence-electron chi connectivity index (χ0n) is 15.0. The van der Waals surface area contributed by atoms with Gasteiger partial charge in [-0.3, -0.25) is 4.79 Å². The van der Waals surface area contributed by atoms with Crippen molar-refractivity contribution in [3.63, 3.8) is 0 Å². The Kier molecular flexibility index (Phi) is 5.16. The van der Waals surface area contributed by atoms with E-state index >= 15 is 0 Å². The molecule has 1 atom stereocenters. The second-order valence-corrected chi connectivity index (χ2v) is 6.04. The van der Waals surface area contributed by atoms with Crippen LogP contribution < -0.4 is 19.8 Å². The van der Waals surface area contributed by atoms with E-state index in [1.54, 1.807) is 36.1 Å². The van der Waals surface area contributed by atoms with Crippen molar-refractivity contribution in [1.82, 2.24) is 4.90 Å². The second-order valence-electron chi connectivity index (χ2n) is 6.04. The first-order valence-corrected chi connectivity index (χ1v) is 8.30. The molecule has 1 aromatic carbocycles. The van der Waals surface area contributed by atoms with Crippen LogP contribution >= 0.6 is 0 Å². The van der Waals surface area contributed by atoms with E-state index < -0.39 is 5.63 Å². The molecule has 0 N–H and O–H groups in total. The first-order valence-electron chi connectivity index (χ1n) is 8.30. The molecule has 1 aromatic heterocycles. The van der Waals surface area contributed by atoms with Gasteiger partial charge in [0.25, 0.3) is 5.91 Å². The molecule has 3 rings (SSSR count). The van der Waals surface area contributed by atoms with E-state index in [1.807, 2.05) is 0 Å². The van der Waals surface area contributed by atoms with Crippen LogP contribution in [0.1, 0.15) is 22.5 Å². The molecule has 0 saturated carbocycles. The normalized spacial score (nSPS) is 16.4. The number of carbonyl (C=O) groups is 1. The number of aryl methyl sites for hydroxylation is 1. The van der Waals surface area contributed by atoms with E-state index in [9.17, 15) is 9.59 Å². The van der Waals surface area contributed by atoms with Crippen LogP contribution in [0.3, 0.4) is 0 Å². The number of likely N-dealkylation sites (tertiary alicyclic amines) is 1. The minimum atomic E-state index is -0.454. The van der Waals surface area contributed by atoms with Gasteiger partial charge in [0.15, 0.2) is 0 Å². The van der Waals surface area contributed by atoms with Crippen molar-refractivity contribution in [1.29, 1.82) is 0 Å². The molecular weight excluding hydrogens is 338 g/mol. The Morgan fingerprint density at radius 1 is 1.19 bits per heavy atom. The van der Waals surface area contributed by atoms with Gasteiger partial charge in [-0.05, 0) is 19.1 Å². The van der Waals surface area contributed by atoms with Gasteiger partial charge in [0, 0.05) is 19.0 Å².